The SMILES string of the molecule is C[CH]CCCc1ccc(SC(F)F)c(F)c1. The van der Waals surface area contributed by atoms with E-state index in [1.165, 1.54) is 12.1 Å². The lowest BCUT2D eigenvalue weighted by Gasteiger charge is -2.05. The molecule has 0 fully saturated rings. The topological polar surface area (TPSA) is 0 Å². The molecule has 0 aliphatic carbocycles. The van der Waals surface area contributed by atoms with Gasteiger partial charge in [0, 0.05) is 4.90 Å². The fourth-order valence-corrected chi connectivity index (χ4v) is 1.91. The highest BCUT2D eigenvalue weighted by molar-refractivity contribution is 7.99. The smallest absolute Gasteiger partial charge is 0.206 e. The van der Waals surface area contributed by atoms with Crippen LogP contribution in [0, 0.1) is 12.2 Å². The Hall–Kier alpha value is -0.640. The van der Waals surface area contributed by atoms with Crippen LogP contribution in [0.1, 0.15) is 25.3 Å². The Balaban J connectivity index is 2.60. The van der Waals surface area contributed by atoms with E-state index in [4.69, 9.17) is 0 Å². The molecule has 0 nitrogen and oxygen atoms in total. The van der Waals surface area contributed by atoms with Crippen molar-refractivity contribution in [3.05, 3.63) is 36.0 Å². The molecule has 1 aromatic rings. The first-order valence-corrected chi connectivity index (χ1v) is 6.02. The molecule has 0 saturated carbocycles. The van der Waals surface area contributed by atoms with E-state index >= 15 is 0 Å². The molecule has 0 aliphatic rings. The van der Waals surface area contributed by atoms with E-state index in [1.807, 2.05) is 6.92 Å². The number of hydrogen-bond acceptors (Lipinski definition) is 1. The normalized spacial score (nSPS) is 11.1. The Morgan fingerprint density at radius 1 is 1.38 bits per heavy atom. The van der Waals surface area contributed by atoms with Gasteiger partial charge in [-0.1, -0.05) is 31.2 Å². The van der Waals surface area contributed by atoms with E-state index in [9.17, 15) is 13.2 Å². The summed E-state index contributed by atoms with van der Waals surface area (Å²) in [4.78, 5) is 0.0146. The number of alkyl halides is 2. The Bertz CT molecular complexity index is 326. The second-order valence-electron chi connectivity index (χ2n) is 3.44. The summed E-state index contributed by atoms with van der Waals surface area (Å²) in [6, 6.07) is 4.49. The van der Waals surface area contributed by atoms with Gasteiger partial charge in [0.05, 0.1) is 0 Å². The Kier molecular flexibility index (Phi) is 5.74. The summed E-state index contributed by atoms with van der Waals surface area (Å²) in [5.41, 5.74) is 0.859. The van der Waals surface area contributed by atoms with E-state index in [2.05, 4.69) is 6.42 Å². The van der Waals surface area contributed by atoms with Crippen LogP contribution in [0.4, 0.5) is 13.2 Å². The van der Waals surface area contributed by atoms with Crippen molar-refractivity contribution in [3.63, 3.8) is 0 Å². The molecule has 1 radical (unpaired) electrons. The van der Waals surface area contributed by atoms with Crippen LogP contribution in [0.25, 0.3) is 0 Å². The average molecular weight is 247 g/mol. The number of hydrogen-bond donors (Lipinski definition) is 0. The minimum Gasteiger partial charge on any atom is -0.206 e. The molecule has 0 aliphatic heterocycles. The van der Waals surface area contributed by atoms with Crippen molar-refractivity contribution >= 4 is 11.8 Å². The van der Waals surface area contributed by atoms with Crippen molar-refractivity contribution in [2.24, 2.45) is 0 Å². The molecule has 16 heavy (non-hydrogen) atoms. The number of unbranched alkanes of at least 4 members (excludes halogenated alkanes) is 2. The Morgan fingerprint density at radius 2 is 2.12 bits per heavy atom. The highest BCUT2D eigenvalue weighted by Gasteiger charge is 2.10. The first-order valence-electron chi connectivity index (χ1n) is 5.14. The Morgan fingerprint density at radius 3 is 2.69 bits per heavy atom. The summed E-state index contributed by atoms with van der Waals surface area (Å²) < 4.78 is 37.4. The molecule has 4 heteroatoms. The first kappa shape index (κ1) is 13.4. The van der Waals surface area contributed by atoms with Gasteiger partial charge in [0.2, 0.25) is 0 Å². The van der Waals surface area contributed by atoms with E-state index < -0.39 is 11.6 Å². The van der Waals surface area contributed by atoms with Crippen molar-refractivity contribution in [2.75, 3.05) is 0 Å². The number of thioether (sulfide) groups is 1. The lowest BCUT2D eigenvalue weighted by Crippen LogP contribution is -1.91. The van der Waals surface area contributed by atoms with Gasteiger partial charge in [-0.05, 0) is 37.0 Å². The van der Waals surface area contributed by atoms with Gasteiger partial charge in [-0.25, -0.2) is 4.39 Å². The zero-order valence-electron chi connectivity index (χ0n) is 9.05. The van der Waals surface area contributed by atoms with Gasteiger partial charge in [-0.3, -0.25) is 0 Å². The van der Waals surface area contributed by atoms with Gasteiger partial charge >= 0.3 is 0 Å². The largest absolute Gasteiger partial charge is 0.289 e. The molecule has 0 aromatic heterocycles. The van der Waals surface area contributed by atoms with Crippen LogP contribution in [0.2, 0.25) is 0 Å². The molecular formula is C12H14F3S. The number of rotatable bonds is 6. The second kappa shape index (κ2) is 6.84. The number of benzene rings is 1. The highest BCUT2D eigenvalue weighted by Crippen LogP contribution is 2.28. The average Bonchev–Trinajstić information content (AvgIpc) is 2.22. The van der Waals surface area contributed by atoms with E-state index in [1.54, 1.807) is 6.07 Å². The van der Waals surface area contributed by atoms with E-state index in [-0.39, 0.29) is 16.7 Å². The van der Waals surface area contributed by atoms with Crippen LogP contribution in [-0.4, -0.2) is 5.76 Å². The molecular weight excluding hydrogens is 233 g/mol. The molecule has 89 valence electrons. The predicted molar refractivity (Wildman–Crippen MR) is 61.2 cm³/mol. The van der Waals surface area contributed by atoms with Crippen molar-refractivity contribution in [1.29, 1.82) is 0 Å². The third kappa shape index (κ3) is 4.47. The summed E-state index contributed by atoms with van der Waals surface area (Å²) in [7, 11) is 0. The molecule has 1 aromatic carbocycles. The molecule has 0 amide bonds. The molecule has 0 unspecified atom stereocenters. The summed E-state index contributed by atoms with van der Waals surface area (Å²) in [5, 5.41) is 0. The van der Waals surface area contributed by atoms with Crippen LogP contribution in [-0.2, 0) is 6.42 Å². The molecule has 0 heterocycles. The summed E-state index contributed by atoms with van der Waals surface area (Å²) >= 11 is 0.248. The van der Waals surface area contributed by atoms with Crippen LogP contribution in [0.5, 0.6) is 0 Å². The standard InChI is InChI=1S/C12H14F3S/c1-2-3-4-5-9-6-7-11(10(13)8-9)16-12(14)15/h2,6-8,12H,3-5H2,1H3. The fourth-order valence-electron chi connectivity index (χ4n) is 1.40. The zero-order chi connectivity index (χ0) is 12.0. The van der Waals surface area contributed by atoms with Crippen LogP contribution < -0.4 is 0 Å². The maximum absolute atomic E-state index is 13.4. The molecule has 0 bridgehead atoms. The third-order valence-electron chi connectivity index (χ3n) is 2.17. The van der Waals surface area contributed by atoms with Gasteiger partial charge < -0.3 is 0 Å². The van der Waals surface area contributed by atoms with Crippen molar-refractivity contribution < 1.29 is 13.2 Å². The van der Waals surface area contributed by atoms with Gasteiger partial charge in [0.15, 0.2) is 0 Å². The number of aryl methyl sites for hydroxylation is 1. The van der Waals surface area contributed by atoms with E-state index in [0.29, 0.717) is 0 Å². The quantitative estimate of drug-likeness (QED) is 0.519. The van der Waals surface area contributed by atoms with Crippen molar-refractivity contribution in [1.82, 2.24) is 0 Å². The van der Waals surface area contributed by atoms with Gasteiger partial charge in [0.1, 0.15) is 5.82 Å². The summed E-state index contributed by atoms with van der Waals surface area (Å²) in [5.74, 6) is -3.13. The van der Waals surface area contributed by atoms with Gasteiger partial charge in [-0.2, -0.15) is 8.78 Å². The highest BCUT2D eigenvalue weighted by atomic mass is 32.2. The molecule has 0 atom stereocenters. The lowest BCUT2D eigenvalue weighted by atomic mass is 10.1. The lowest BCUT2D eigenvalue weighted by molar-refractivity contribution is 0.251. The molecule has 1 rings (SSSR count). The number of halogens is 3. The summed E-state index contributed by atoms with van der Waals surface area (Å²) in [6.45, 7) is 1.98. The van der Waals surface area contributed by atoms with Crippen molar-refractivity contribution in [3.8, 4) is 0 Å². The van der Waals surface area contributed by atoms with Gasteiger partial charge in [0.25, 0.3) is 5.76 Å². The zero-order valence-corrected chi connectivity index (χ0v) is 9.87. The van der Waals surface area contributed by atoms with E-state index in [0.717, 1.165) is 24.8 Å². The minimum atomic E-state index is -2.57. The second-order valence-corrected chi connectivity index (χ2v) is 4.48. The maximum Gasteiger partial charge on any atom is 0.289 e. The van der Waals surface area contributed by atoms with Crippen LogP contribution >= 0.6 is 11.8 Å². The van der Waals surface area contributed by atoms with Gasteiger partial charge in [-0.15, -0.1) is 0 Å². The Labute approximate surface area is 98.2 Å². The van der Waals surface area contributed by atoms with Crippen LogP contribution in [0.3, 0.4) is 0 Å². The minimum absolute atomic E-state index is 0.0146. The monoisotopic (exact) mass is 247 g/mol. The fraction of sp³-hybridized carbons (Fsp3) is 0.417. The summed E-state index contributed by atoms with van der Waals surface area (Å²) in [6.07, 6.45) is 4.77. The van der Waals surface area contributed by atoms with Crippen molar-refractivity contribution in [2.45, 2.75) is 36.8 Å². The molecule has 0 saturated heterocycles. The first-order chi connectivity index (χ1) is 7.63. The van der Waals surface area contributed by atoms with Crippen LogP contribution in [0.15, 0.2) is 23.1 Å². The predicted octanol–water partition coefficient (Wildman–Crippen LogP) is 4.69. The third-order valence-corrected chi connectivity index (χ3v) is 2.93. The maximum atomic E-state index is 13.4. The molecule has 0 N–H and O–H groups in total. The molecule has 0 spiro atoms.